The average molecular weight is 524 g/mol. The molecule has 0 saturated heterocycles. The summed E-state index contributed by atoms with van der Waals surface area (Å²) in [5.41, 5.74) is 4.23. The SMILES string of the molecule is CN=C(NCCc1cccc(C(=O)N(C)C)c1)NCCc1cc(C)ccc1OC.I. The van der Waals surface area contributed by atoms with Crippen molar-refractivity contribution in [2.24, 2.45) is 4.99 Å². The minimum atomic E-state index is 0. The Labute approximate surface area is 197 Å². The van der Waals surface area contributed by atoms with Crippen molar-refractivity contribution < 1.29 is 9.53 Å². The number of ether oxygens (including phenoxy) is 1. The van der Waals surface area contributed by atoms with Gasteiger partial charge in [0.2, 0.25) is 0 Å². The number of aryl methyl sites for hydroxylation is 1. The van der Waals surface area contributed by atoms with Crippen molar-refractivity contribution in [3.63, 3.8) is 0 Å². The zero-order chi connectivity index (χ0) is 21.2. The van der Waals surface area contributed by atoms with Gasteiger partial charge < -0.3 is 20.3 Å². The second kappa shape index (κ2) is 13.1. The van der Waals surface area contributed by atoms with Crippen molar-refractivity contribution in [2.45, 2.75) is 19.8 Å². The summed E-state index contributed by atoms with van der Waals surface area (Å²) >= 11 is 0. The molecule has 0 spiro atoms. The Kier molecular flexibility index (Phi) is 11.2. The lowest BCUT2D eigenvalue weighted by molar-refractivity contribution is 0.0827. The van der Waals surface area contributed by atoms with Crippen molar-refractivity contribution in [1.82, 2.24) is 15.5 Å². The number of benzene rings is 2. The van der Waals surface area contributed by atoms with Crippen LogP contribution < -0.4 is 15.4 Å². The summed E-state index contributed by atoms with van der Waals surface area (Å²) < 4.78 is 5.44. The number of carbonyl (C=O) groups is 1. The molecule has 0 fully saturated rings. The van der Waals surface area contributed by atoms with Crippen molar-refractivity contribution in [3.05, 3.63) is 64.7 Å². The maximum absolute atomic E-state index is 12.1. The fraction of sp³-hybridized carbons (Fsp3) is 0.391. The molecule has 2 rings (SSSR count). The van der Waals surface area contributed by atoms with Gasteiger partial charge in [-0.2, -0.15) is 0 Å². The molecule has 0 aliphatic rings. The van der Waals surface area contributed by atoms with Gasteiger partial charge in [-0.05, 0) is 49.1 Å². The van der Waals surface area contributed by atoms with Gasteiger partial charge >= 0.3 is 0 Å². The molecule has 164 valence electrons. The van der Waals surface area contributed by atoms with E-state index in [2.05, 4.69) is 34.7 Å². The van der Waals surface area contributed by atoms with E-state index in [4.69, 9.17) is 4.74 Å². The van der Waals surface area contributed by atoms with Gasteiger partial charge in [-0.1, -0.05) is 29.8 Å². The van der Waals surface area contributed by atoms with Gasteiger partial charge in [0, 0.05) is 39.8 Å². The van der Waals surface area contributed by atoms with Gasteiger partial charge in [-0.15, -0.1) is 24.0 Å². The van der Waals surface area contributed by atoms with Crippen molar-refractivity contribution in [1.29, 1.82) is 0 Å². The second-order valence-corrected chi connectivity index (χ2v) is 7.14. The highest BCUT2D eigenvalue weighted by molar-refractivity contribution is 14.0. The summed E-state index contributed by atoms with van der Waals surface area (Å²) in [6.45, 7) is 3.57. The zero-order valence-corrected chi connectivity index (χ0v) is 20.8. The standard InChI is InChI=1S/C23H32N4O2.HI/c1-17-9-10-21(29-5)19(15-17)12-14-26-23(24-2)25-13-11-18-7-6-8-20(16-18)22(28)27(3)4;/h6-10,15-16H,11-14H2,1-5H3,(H2,24,25,26);1H. The van der Waals surface area contributed by atoms with Crippen LogP contribution in [0.1, 0.15) is 27.0 Å². The van der Waals surface area contributed by atoms with E-state index in [1.165, 1.54) is 11.1 Å². The molecule has 2 aromatic carbocycles. The minimum Gasteiger partial charge on any atom is -0.496 e. The van der Waals surface area contributed by atoms with E-state index < -0.39 is 0 Å². The third-order valence-corrected chi connectivity index (χ3v) is 4.63. The molecule has 0 saturated carbocycles. The van der Waals surface area contributed by atoms with Gasteiger partial charge in [0.1, 0.15) is 5.75 Å². The average Bonchev–Trinajstić information content (AvgIpc) is 2.72. The van der Waals surface area contributed by atoms with Gasteiger partial charge in [0.25, 0.3) is 5.91 Å². The van der Waals surface area contributed by atoms with Crippen LogP contribution in [-0.2, 0) is 12.8 Å². The number of carbonyl (C=O) groups excluding carboxylic acids is 1. The first-order chi connectivity index (χ1) is 13.9. The molecule has 30 heavy (non-hydrogen) atoms. The number of aliphatic imine (C=N–C) groups is 1. The molecule has 0 unspecified atom stereocenters. The quantitative estimate of drug-likeness (QED) is 0.316. The normalized spacial score (nSPS) is 10.8. The monoisotopic (exact) mass is 524 g/mol. The lowest BCUT2D eigenvalue weighted by Gasteiger charge is -2.14. The number of hydrogen-bond donors (Lipinski definition) is 2. The van der Waals surface area contributed by atoms with Crippen LogP contribution >= 0.6 is 24.0 Å². The van der Waals surface area contributed by atoms with E-state index in [0.29, 0.717) is 5.56 Å². The Morgan fingerprint density at radius 2 is 1.77 bits per heavy atom. The molecule has 0 bridgehead atoms. The number of hydrogen-bond acceptors (Lipinski definition) is 3. The predicted molar refractivity (Wildman–Crippen MR) is 134 cm³/mol. The number of halogens is 1. The zero-order valence-electron chi connectivity index (χ0n) is 18.5. The summed E-state index contributed by atoms with van der Waals surface area (Å²) in [6.07, 6.45) is 1.65. The highest BCUT2D eigenvalue weighted by atomic mass is 127. The Morgan fingerprint density at radius 1 is 1.07 bits per heavy atom. The highest BCUT2D eigenvalue weighted by Gasteiger charge is 2.08. The molecule has 0 atom stereocenters. The molecule has 0 radical (unpaired) electrons. The Bertz CT molecular complexity index is 853. The molecule has 2 aromatic rings. The van der Waals surface area contributed by atoms with Crippen LogP contribution in [0.3, 0.4) is 0 Å². The first kappa shape index (κ1) is 25.7. The molecule has 0 aliphatic heterocycles. The van der Waals surface area contributed by atoms with E-state index in [-0.39, 0.29) is 29.9 Å². The summed E-state index contributed by atoms with van der Waals surface area (Å²) in [4.78, 5) is 18.0. The number of nitrogens with one attached hydrogen (secondary N) is 2. The van der Waals surface area contributed by atoms with Crippen LogP contribution in [0.25, 0.3) is 0 Å². The van der Waals surface area contributed by atoms with Crippen LogP contribution in [0.2, 0.25) is 0 Å². The maximum atomic E-state index is 12.1. The van der Waals surface area contributed by atoms with Crippen LogP contribution in [0.5, 0.6) is 5.75 Å². The van der Waals surface area contributed by atoms with Crippen LogP contribution in [-0.4, -0.2) is 58.1 Å². The van der Waals surface area contributed by atoms with E-state index in [1.807, 2.05) is 30.3 Å². The smallest absolute Gasteiger partial charge is 0.253 e. The fourth-order valence-electron chi connectivity index (χ4n) is 3.08. The van der Waals surface area contributed by atoms with Crippen LogP contribution in [0.4, 0.5) is 0 Å². The Balaban J connectivity index is 0.00000450. The third kappa shape index (κ3) is 7.85. The summed E-state index contributed by atoms with van der Waals surface area (Å²) in [5, 5.41) is 6.67. The molecule has 0 aromatic heterocycles. The highest BCUT2D eigenvalue weighted by Crippen LogP contribution is 2.19. The van der Waals surface area contributed by atoms with Crippen molar-refractivity contribution in [2.75, 3.05) is 41.3 Å². The topological polar surface area (TPSA) is 66.0 Å². The number of guanidine groups is 1. The van der Waals surface area contributed by atoms with E-state index >= 15 is 0 Å². The number of methoxy groups -OCH3 is 1. The number of rotatable bonds is 8. The fourth-order valence-corrected chi connectivity index (χ4v) is 3.08. The van der Waals surface area contributed by atoms with Gasteiger partial charge in [-0.3, -0.25) is 9.79 Å². The molecule has 0 heterocycles. The molecule has 0 aliphatic carbocycles. The van der Waals surface area contributed by atoms with Gasteiger partial charge in [0.05, 0.1) is 7.11 Å². The summed E-state index contributed by atoms with van der Waals surface area (Å²) in [7, 11) is 6.99. The molecular formula is C23H33IN4O2. The number of amides is 1. The van der Waals surface area contributed by atoms with Crippen molar-refractivity contribution >= 4 is 35.8 Å². The largest absolute Gasteiger partial charge is 0.496 e. The molecule has 7 heteroatoms. The molecule has 1 amide bonds. The number of nitrogens with zero attached hydrogens (tertiary/aromatic N) is 2. The van der Waals surface area contributed by atoms with E-state index in [0.717, 1.165) is 43.2 Å². The van der Waals surface area contributed by atoms with Gasteiger partial charge in [0.15, 0.2) is 5.96 Å². The molecule has 6 nitrogen and oxygen atoms in total. The molecule has 2 N–H and O–H groups in total. The van der Waals surface area contributed by atoms with Crippen LogP contribution in [0, 0.1) is 6.92 Å². The lowest BCUT2D eigenvalue weighted by Crippen LogP contribution is -2.39. The lowest BCUT2D eigenvalue weighted by atomic mass is 10.1. The molecular weight excluding hydrogens is 491 g/mol. The Morgan fingerprint density at radius 3 is 2.40 bits per heavy atom. The Hall–Kier alpha value is -2.29. The predicted octanol–water partition coefficient (Wildman–Crippen LogP) is 3.27. The van der Waals surface area contributed by atoms with Crippen LogP contribution in [0.15, 0.2) is 47.5 Å². The third-order valence-electron chi connectivity index (χ3n) is 4.63. The summed E-state index contributed by atoms with van der Waals surface area (Å²) in [5.74, 6) is 1.69. The first-order valence-electron chi connectivity index (χ1n) is 9.83. The van der Waals surface area contributed by atoms with Gasteiger partial charge in [-0.25, -0.2) is 0 Å². The maximum Gasteiger partial charge on any atom is 0.253 e. The second-order valence-electron chi connectivity index (χ2n) is 7.14. The first-order valence-corrected chi connectivity index (χ1v) is 9.83. The summed E-state index contributed by atoms with van der Waals surface area (Å²) in [6, 6.07) is 14.0. The van der Waals surface area contributed by atoms with E-state index in [1.54, 1.807) is 33.2 Å². The van der Waals surface area contributed by atoms with Crippen molar-refractivity contribution in [3.8, 4) is 5.75 Å². The van der Waals surface area contributed by atoms with E-state index in [9.17, 15) is 4.79 Å². The minimum absolute atomic E-state index is 0.